The lowest BCUT2D eigenvalue weighted by atomic mass is 10.0. The molecule has 2 aliphatic heterocycles. The molecular weight excluding hydrogens is 563 g/mol. The second kappa shape index (κ2) is 10.2. The van der Waals surface area contributed by atoms with Crippen LogP contribution in [-0.4, -0.2) is 72.8 Å². The molecule has 3 aromatic rings. The van der Waals surface area contributed by atoms with E-state index in [1.54, 1.807) is 6.20 Å². The summed E-state index contributed by atoms with van der Waals surface area (Å²) < 4.78 is 41.3. The summed E-state index contributed by atoms with van der Waals surface area (Å²) in [5, 5.41) is 16.3. The lowest BCUT2D eigenvalue weighted by Gasteiger charge is -2.49. The van der Waals surface area contributed by atoms with Crippen LogP contribution in [0.15, 0.2) is 58.6 Å². The average molecular weight is 583 g/mol. The van der Waals surface area contributed by atoms with Crippen LogP contribution in [0.1, 0.15) is 5.69 Å². The van der Waals surface area contributed by atoms with Crippen molar-refractivity contribution in [3.8, 4) is 0 Å². The second-order valence-corrected chi connectivity index (χ2v) is 10.4. The van der Waals surface area contributed by atoms with Crippen molar-refractivity contribution in [3.63, 3.8) is 0 Å². The number of carbonyl (C=O) groups is 3. The van der Waals surface area contributed by atoms with Gasteiger partial charge in [0.15, 0.2) is 10.8 Å². The monoisotopic (exact) mass is 582 g/mol. The number of carboxylic acid groups (broad SMARTS) is 1. The van der Waals surface area contributed by atoms with Gasteiger partial charge in [-0.05, 0) is 6.07 Å². The van der Waals surface area contributed by atoms with Crippen LogP contribution in [-0.2, 0) is 25.8 Å². The van der Waals surface area contributed by atoms with Gasteiger partial charge in [0.05, 0.1) is 6.20 Å². The number of pyridine rings is 1. The Morgan fingerprint density at radius 3 is 2.82 bits per heavy atom. The van der Waals surface area contributed by atoms with E-state index < -0.39 is 47.7 Å². The number of nitrogens with zero attached hydrogens (tertiary/aromatic N) is 5. The molecular formula is C22H19F3N7O5S2+. The van der Waals surface area contributed by atoms with E-state index in [9.17, 15) is 32.7 Å². The number of nitrogens with two attached hydrogens (primary N) is 1. The Morgan fingerprint density at radius 2 is 2.13 bits per heavy atom. The van der Waals surface area contributed by atoms with Crippen molar-refractivity contribution >= 4 is 57.4 Å². The first kappa shape index (κ1) is 26.5. The lowest BCUT2D eigenvalue weighted by Crippen LogP contribution is -2.71. The van der Waals surface area contributed by atoms with Crippen molar-refractivity contribution < 1.29 is 42.1 Å². The standard InChI is InChI=1S/C22H18F3N7O5S2/c23-22(24,25)10-37-29-14(12-9-39-21(26)27-12)17(33)28-15-18(34)32-16(20(35)36)11(8-38-19(15)32)7-31-6-5-30-4-2-1-3-13(30)31/h1-6,9,15,19H,7-8,10H2,(H3-,26,27,28,33,35,36)/p+1/t15-,19+/m1/s1. The number of fused-ring (bicyclic) bond motifs is 2. The third-order valence-electron chi connectivity index (χ3n) is 5.83. The summed E-state index contributed by atoms with van der Waals surface area (Å²) in [6, 6.07) is 4.43. The number of aliphatic carboxylic acids is 1. The minimum Gasteiger partial charge on any atom is -0.477 e. The van der Waals surface area contributed by atoms with Gasteiger partial charge >= 0.3 is 12.1 Å². The first-order valence-corrected chi connectivity index (χ1v) is 13.1. The van der Waals surface area contributed by atoms with E-state index in [-0.39, 0.29) is 28.8 Å². The molecule has 5 rings (SSSR count). The van der Waals surface area contributed by atoms with Gasteiger partial charge in [0.1, 0.15) is 41.7 Å². The molecule has 39 heavy (non-hydrogen) atoms. The number of β-lactam (4-membered cyclic amide) rings is 1. The van der Waals surface area contributed by atoms with Crippen LogP contribution in [0.2, 0.25) is 0 Å². The molecule has 0 saturated carbocycles. The number of oxime groups is 1. The summed E-state index contributed by atoms with van der Waals surface area (Å²) >= 11 is 2.18. The number of carboxylic acids is 1. The third-order valence-corrected chi connectivity index (χ3v) is 7.84. The van der Waals surface area contributed by atoms with Crippen LogP contribution in [0.4, 0.5) is 18.3 Å². The normalized spacial score (nSPS) is 19.6. The molecule has 1 fully saturated rings. The Kier molecular flexibility index (Phi) is 6.94. The summed E-state index contributed by atoms with van der Waals surface area (Å²) in [7, 11) is 0. The van der Waals surface area contributed by atoms with Crippen LogP contribution in [0.5, 0.6) is 0 Å². The molecule has 2 aliphatic rings. The SMILES string of the molecule is Nc1nc(C(=NOCC(F)(F)F)C(=O)N[C@@H]2C(=O)N3C(C(=O)O)=C(C[n+]4ccn5ccccc54)CS[C@@H]23)cs1. The number of rotatable bonds is 8. The van der Waals surface area contributed by atoms with E-state index in [2.05, 4.69) is 20.3 Å². The zero-order valence-corrected chi connectivity index (χ0v) is 21.3. The van der Waals surface area contributed by atoms with E-state index in [0.29, 0.717) is 5.57 Å². The van der Waals surface area contributed by atoms with Crippen molar-refractivity contribution in [2.24, 2.45) is 5.16 Å². The molecule has 0 unspecified atom stereocenters. The lowest BCUT2D eigenvalue weighted by molar-refractivity contribution is -0.662. The summed E-state index contributed by atoms with van der Waals surface area (Å²) in [6.45, 7) is -1.52. The van der Waals surface area contributed by atoms with E-state index in [0.717, 1.165) is 21.9 Å². The molecule has 0 bridgehead atoms. The van der Waals surface area contributed by atoms with Crippen molar-refractivity contribution in [3.05, 3.63) is 59.1 Å². The number of hydrogen-bond donors (Lipinski definition) is 3. The summed E-state index contributed by atoms with van der Waals surface area (Å²) in [4.78, 5) is 47.5. The number of amides is 2. The van der Waals surface area contributed by atoms with Gasteiger partial charge < -0.3 is 21.0 Å². The van der Waals surface area contributed by atoms with Gasteiger partial charge in [-0.1, -0.05) is 11.2 Å². The smallest absolute Gasteiger partial charge is 0.425 e. The minimum atomic E-state index is -4.70. The van der Waals surface area contributed by atoms with E-state index in [1.165, 1.54) is 17.1 Å². The van der Waals surface area contributed by atoms with Crippen LogP contribution in [0, 0.1) is 0 Å². The summed E-state index contributed by atoms with van der Waals surface area (Å²) in [6.07, 6.45) is 0.773. The number of thiazole rings is 1. The fraction of sp³-hybridized carbons (Fsp3) is 0.273. The molecule has 0 aliphatic carbocycles. The Morgan fingerprint density at radius 1 is 1.33 bits per heavy atom. The number of halogens is 3. The Balaban J connectivity index is 1.35. The average Bonchev–Trinajstić information content (AvgIpc) is 3.50. The van der Waals surface area contributed by atoms with E-state index >= 15 is 0 Å². The topological polar surface area (TPSA) is 155 Å². The summed E-state index contributed by atoms with van der Waals surface area (Å²) in [5.74, 6) is -2.74. The van der Waals surface area contributed by atoms with Gasteiger partial charge in [-0.3, -0.25) is 14.5 Å². The number of alkyl halides is 3. The van der Waals surface area contributed by atoms with Crippen LogP contribution >= 0.6 is 23.1 Å². The molecule has 3 aromatic heterocycles. The number of thioether (sulfide) groups is 1. The highest BCUT2D eigenvalue weighted by Crippen LogP contribution is 2.40. The molecule has 0 aromatic carbocycles. The Hall–Kier alpha value is -4.12. The van der Waals surface area contributed by atoms with E-state index in [1.807, 2.05) is 39.6 Å². The maximum Gasteiger partial charge on any atom is 0.425 e. The molecule has 2 amide bonds. The maximum absolute atomic E-state index is 13.1. The van der Waals surface area contributed by atoms with Crippen molar-refractivity contribution in [1.82, 2.24) is 19.6 Å². The maximum atomic E-state index is 13.1. The molecule has 2 atom stereocenters. The van der Waals surface area contributed by atoms with Crippen LogP contribution < -0.4 is 15.6 Å². The molecule has 1 saturated heterocycles. The second-order valence-electron chi connectivity index (χ2n) is 8.41. The van der Waals surface area contributed by atoms with Gasteiger partial charge in [-0.25, -0.2) is 18.7 Å². The number of anilines is 1. The fourth-order valence-corrected chi connectivity index (χ4v) is 6.05. The number of imidazole rings is 1. The fourth-order valence-electron chi connectivity index (χ4n) is 4.17. The van der Waals surface area contributed by atoms with Gasteiger partial charge in [0.2, 0.25) is 6.61 Å². The predicted octanol–water partition coefficient (Wildman–Crippen LogP) is 0.987. The van der Waals surface area contributed by atoms with Gasteiger partial charge in [-0.15, -0.1) is 23.1 Å². The van der Waals surface area contributed by atoms with Crippen molar-refractivity contribution in [1.29, 1.82) is 0 Å². The highest BCUT2D eigenvalue weighted by Gasteiger charge is 2.54. The number of aromatic nitrogens is 3. The molecule has 204 valence electrons. The van der Waals surface area contributed by atoms with Crippen LogP contribution in [0.25, 0.3) is 5.65 Å². The van der Waals surface area contributed by atoms with Gasteiger partial charge in [0.25, 0.3) is 17.5 Å². The zero-order valence-electron chi connectivity index (χ0n) is 19.7. The number of nitrogen functional groups attached to an aromatic ring is 1. The number of carbonyl (C=O) groups excluding carboxylic acids is 2. The molecule has 12 nitrogen and oxygen atoms in total. The number of hydrogen-bond acceptors (Lipinski definition) is 9. The first-order valence-electron chi connectivity index (χ1n) is 11.2. The van der Waals surface area contributed by atoms with Crippen molar-refractivity contribution in [2.45, 2.75) is 24.1 Å². The van der Waals surface area contributed by atoms with Crippen LogP contribution in [0.3, 0.4) is 0 Å². The molecule has 17 heteroatoms. The quantitative estimate of drug-likeness (QED) is 0.154. The summed E-state index contributed by atoms with van der Waals surface area (Å²) in [5.41, 5.74) is 5.98. The molecule has 0 spiro atoms. The molecule has 0 radical (unpaired) electrons. The predicted molar refractivity (Wildman–Crippen MR) is 132 cm³/mol. The van der Waals surface area contributed by atoms with E-state index in [4.69, 9.17) is 5.73 Å². The highest BCUT2D eigenvalue weighted by molar-refractivity contribution is 8.00. The number of nitrogens with one attached hydrogen (secondary N) is 1. The van der Waals surface area contributed by atoms with Gasteiger partial charge in [-0.2, -0.15) is 13.2 Å². The minimum absolute atomic E-state index is 0.0349. The Bertz CT molecular complexity index is 1530. The zero-order chi connectivity index (χ0) is 27.9. The molecule has 4 N–H and O–H groups in total. The highest BCUT2D eigenvalue weighted by atomic mass is 32.2. The van der Waals surface area contributed by atoms with Gasteiger partial charge in [0, 0.05) is 22.8 Å². The first-order chi connectivity index (χ1) is 18.5. The Labute approximate surface area is 225 Å². The van der Waals surface area contributed by atoms with Crippen molar-refractivity contribution in [2.75, 3.05) is 18.1 Å². The third kappa shape index (κ3) is 5.26. The largest absolute Gasteiger partial charge is 0.477 e. The molecule has 5 heterocycles.